The van der Waals surface area contributed by atoms with Gasteiger partial charge >= 0.3 is 0 Å². The molecule has 0 unspecified atom stereocenters. The number of nitrogens with zero attached hydrogens (tertiary/aromatic N) is 3. The molecule has 1 amide bonds. The first kappa shape index (κ1) is 17.4. The number of aryl methyl sites for hydroxylation is 1. The minimum Gasteiger partial charge on any atom is -0.337 e. The maximum absolute atomic E-state index is 12.6. The number of fused-ring (bicyclic) bond motifs is 1. The summed E-state index contributed by atoms with van der Waals surface area (Å²) >= 11 is 0. The van der Waals surface area contributed by atoms with Crippen LogP contribution in [-0.4, -0.2) is 33.4 Å². The van der Waals surface area contributed by atoms with E-state index in [-0.39, 0.29) is 16.9 Å². The standard InChI is InChI=1S/C19H27N3O/c1-12-16(18(2,3)4)21-14-10-9-13(11-15(14)20-12)17(23)22(8)19(5,6)7/h9-11H,1-8H3. The summed E-state index contributed by atoms with van der Waals surface area (Å²) in [5, 5.41) is 0. The van der Waals surface area contributed by atoms with E-state index < -0.39 is 0 Å². The molecule has 0 aliphatic heterocycles. The first-order valence-corrected chi connectivity index (χ1v) is 7.98. The van der Waals surface area contributed by atoms with E-state index in [1.165, 1.54) is 0 Å². The lowest BCUT2D eigenvalue weighted by atomic mass is 9.90. The molecule has 0 aliphatic carbocycles. The summed E-state index contributed by atoms with van der Waals surface area (Å²) in [5.74, 6) is -0.00116. The first-order chi connectivity index (χ1) is 10.4. The summed E-state index contributed by atoms with van der Waals surface area (Å²) < 4.78 is 0. The van der Waals surface area contributed by atoms with Gasteiger partial charge in [0.15, 0.2) is 0 Å². The van der Waals surface area contributed by atoms with E-state index in [1.54, 1.807) is 4.90 Å². The van der Waals surface area contributed by atoms with Gasteiger partial charge in [0.2, 0.25) is 0 Å². The maximum Gasteiger partial charge on any atom is 0.254 e. The van der Waals surface area contributed by atoms with Gasteiger partial charge in [-0.1, -0.05) is 20.8 Å². The Balaban J connectivity index is 2.50. The molecule has 0 radical (unpaired) electrons. The third-order valence-corrected chi connectivity index (χ3v) is 4.11. The number of rotatable bonds is 1. The third kappa shape index (κ3) is 3.52. The van der Waals surface area contributed by atoms with Crippen molar-refractivity contribution in [1.29, 1.82) is 0 Å². The Bertz CT molecular complexity index is 752. The first-order valence-electron chi connectivity index (χ1n) is 7.98. The van der Waals surface area contributed by atoms with Crippen LogP contribution >= 0.6 is 0 Å². The quantitative estimate of drug-likeness (QED) is 0.796. The molecule has 23 heavy (non-hydrogen) atoms. The van der Waals surface area contributed by atoms with E-state index in [9.17, 15) is 4.79 Å². The van der Waals surface area contributed by atoms with Gasteiger partial charge in [-0.15, -0.1) is 0 Å². The highest BCUT2D eigenvalue weighted by Crippen LogP contribution is 2.25. The lowest BCUT2D eigenvalue weighted by molar-refractivity contribution is 0.0656. The van der Waals surface area contributed by atoms with Crippen molar-refractivity contribution in [2.75, 3.05) is 7.05 Å². The Morgan fingerprint density at radius 1 is 1.00 bits per heavy atom. The van der Waals surface area contributed by atoms with Gasteiger partial charge in [0, 0.05) is 23.6 Å². The van der Waals surface area contributed by atoms with E-state index >= 15 is 0 Å². The highest BCUT2D eigenvalue weighted by Gasteiger charge is 2.24. The molecule has 0 bridgehead atoms. The normalized spacial score (nSPS) is 12.5. The van der Waals surface area contributed by atoms with Crippen molar-refractivity contribution in [3.05, 3.63) is 35.2 Å². The Labute approximate surface area is 138 Å². The summed E-state index contributed by atoms with van der Waals surface area (Å²) in [6, 6.07) is 5.57. The van der Waals surface area contributed by atoms with Crippen molar-refractivity contribution in [1.82, 2.24) is 14.9 Å². The highest BCUT2D eigenvalue weighted by molar-refractivity contribution is 5.97. The number of aromatic nitrogens is 2. The minimum absolute atomic E-state index is 0.00116. The van der Waals surface area contributed by atoms with Crippen LogP contribution in [0.4, 0.5) is 0 Å². The topological polar surface area (TPSA) is 46.1 Å². The molecular weight excluding hydrogens is 286 g/mol. The molecule has 0 saturated carbocycles. The molecule has 0 fully saturated rings. The summed E-state index contributed by atoms with van der Waals surface area (Å²) in [6.07, 6.45) is 0. The molecule has 2 rings (SSSR count). The van der Waals surface area contributed by atoms with Crippen LogP contribution in [0.2, 0.25) is 0 Å². The van der Waals surface area contributed by atoms with E-state index in [0.29, 0.717) is 5.56 Å². The Kier molecular flexibility index (Phi) is 4.22. The van der Waals surface area contributed by atoms with Gasteiger partial charge in [0.25, 0.3) is 5.91 Å². The molecule has 0 spiro atoms. The van der Waals surface area contributed by atoms with Gasteiger partial charge in [-0.05, 0) is 45.9 Å². The second kappa shape index (κ2) is 5.59. The van der Waals surface area contributed by atoms with E-state index in [4.69, 9.17) is 4.98 Å². The molecule has 1 heterocycles. The van der Waals surface area contributed by atoms with Gasteiger partial charge in [0.05, 0.1) is 22.4 Å². The minimum atomic E-state index is -0.219. The summed E-state index contributed by atoms with van der Waals surface area (Å²) in [6.45, 7) is 14.4. The van der Waals surface area contributed by atoms with Gasteiger partial charge in [-0.25, -0.2) is 9.97 Å². The smallest absolute Gasteiger partial charge is 0.254 e. The Hall–Kier alpha value is -1.97. The van der Waals surface area contributed by atoms with E-state index in [1.807, 2.05) is 52.9 Å². The summed E-state index contributed by atoms with van der Waals surface area (Å²) in [5.41, 5.74) is 3.89. The van der Waals surface area contributed by atoms with Crippen LogP contribution in [0.15, 0.2) is 18.2 Å². The fraction of sp³-hybridized carbons (Fsp3) is 0.526. The van der Waals surface area contributed by atoms with Gasteiger partial charge in [-0.3, -0.25) is 4.79 Å². The number of hydrogen-bond donors (Lipinski definition) is 0. The second-order valence-electron chi connectivity index (χ2n) is 8.15. The lowest BCUT2D eigenvalue weighted by Gasteiger charge is -2.32. The van der Waals surface area contributed by atoms with E-state index in [0.717, 1.165) is 22.4 Å². The van der Waals surface area contributed by atoms with Crippen molar-refractivity contribution < 1.29 is 4.79 Å². The van der Waals surface area contributed by atoms with E-state index in [2.05, 4.69) is 25.8 Å². The van der Waals surface area contributed by atoms with Gasteiger partial charge < -0.3 is 4.90 Å². The zero-order valence-electron chi connectivity index (χ0n) is 15.5. The molecule has 4 heteroatoms. The predicted octanol–water partition coefficient (Wildman–Crippen LogP) is 4.11. The van der Waals surface area contributed by atoms with Crippen LogP contribution in [0, 0.1) is 6.92 Å². The molecule has 0 atom stereocenters. The number of hydrogen-bond acceptors (Lipinski definition) is 3. The fourth-order valence-corrected chi connectivity index (χ4v) is 2.48. The van der Waals surface area contributed by atoms with Crippen LogP contribution in [0.25, 0.3) is 11.0 Å². The largest absolute Gasteiger partial charge is 0.337 e. The number of carbonyl (C=O) groups is 1. The SMILES string of the molecule is Cc1nc2cc(C(=O)N(C)C(C)(C)C)ccc2nc1C(C)(C)C. The summed E-state index contributed by atoms with van der Waals surface area (Å²) in [7, 11) is 1.83. The molecule has 1 aromatic heterocycles. The molecule has 0 saturated heterocycles. The fourth-order valence-electron chi connectivity index (χ4n) is 2.48. The van der Waals surface area contributed by atoms with Crippen LogP contribution in [0.1, 0.15) is 63.3 Å². The van der Waals surface area contributed by atoms with Crippen molar-refractivity contribution in [3.63, 3.8) is 0 Å². The monoisotopic (exact) mass is 313 g/mol. The number of amides is 1. The Morgan fingerprint density at radius 3 is 2.13 bits per heavy atom. The third-order valence-electron chi connectivity index (χ3n) is 4.11. The highest BCUT2D eigenvalue weighted by atomic mass is 16.2. The van der Waals surface area contributed by atoms with Crippen molar-refractivity contribution in [2.24, 2.45) is 0 Å². The van der Waals surface area contributed by atoms with Gasteiger partial charge in [0.1, 0.15) is 0 Å². The summed E-state index contributed by atoms with van der Waals surface area (Å²) in [4.78, 5) is 23.8. The van der Waals surface area contributed by atoms with Crippen molar-refractivity contribution in [2.45, 2.75) is 59.4 Å². The molecule has 0 N–H and O–H groups in total. The average Bonchev–Trinajstić information content (AvgIpc) is 2.42. The number of benzene rings is 1. The molecule has 0 aliphatic rings. The molecule has 124 valence electrons. The zero-order valence-corrected chi connectivity index (χ0v) is 15.5. The van der Waals surface area contributed by atoms with Crippen LogP contribution in [-0.2, 0) is 5.41 Å². The van der Waals surface area contributed by atoms with Crippen LogP contribution in [0.5, 0.6) is 0 Å². The number of carbonyl (C=O) groups excluding carboxylic acids is 1. The van der Waals surface area contributed by atoms with Gasteiger partial charge in [-0.2, -0.15) is 0 Å². The van der Waals surface area contributed by atoms with Crippen molar-refractivity contribution >= 4 is 16.9 Å². The molecule has 4 nitrogen and oxygen atoms in total. The lowest BCUT2D eigenvalue weighted by Crippen LogP contribution is -2.42. The van der Waals surface area contributed by atoms with Crippen LogP contribution in [0.3, 0.4) is 0 Å². The molecule has 2 aromatic rings. The molecule has 1 aromatic carbocycles. The maximum atomic E-state index is 12.6. The van der Waals surface area contributed by atoms with Crippen molar-refractivity contribution in [3.8, 4) is 0 Å². The average molecular weight is 313 g/mol. The zero-order chi connectivity index (χ0) is 17.6. The van der Waals surface area contributed by atoms with Crippen LogP contribution < -0.4 is 0 Å². The predicted molar refractivity (Wildman–Crippen MR) is 94.8 cm³/mol. The second-order valence-corrected chi connectivity index (χ2v) is 8.15. The Morgan fingerprint density at radius 2 is 1.61 bits per heavy atom. The molecular formula is C19H27N3O.